The van der Waals surface area contributed by atoms with Crippen LogP contribution in [0.15, 0.2) is 34.7 Å². The van der Waals surface area contributed by atoms with E-state index in [9.17, 15) is 4.79 Å². The normalized spacial score (nSPS) is 14.0. The number of benzene rings is 1. The summed E-state index contributed by atoms with van der Waals surface area (Å²) in [7, 11) is 0. The Morgan fingerprint density at radius 2 is 2.14 bits per heavy atom. The van der Waals surface area contributed by atoms with Crippen LogP contribution in [-0.2, 0) is 12.8 Å². The summed E-state index contributed by atoms with van der Waals surface area (Å²) < 4.78 is 5.59. The van der Waals surface area contributed by atoms with Crippen molar-refractivity contribution in [2.75, 3.05) is 11.9 Å². The maximum atomic E-state index is 12.3. The zero-order valence-electron chi connectivity index (χ0n) is 12.1. The predicted molar refractivity (Wildman–Crippen MR) is 87.8 cm³/mol. The number of aromatic nitrogens is 1. The molecular formula is C17H16N2O2S. The van der Waals surface area contributed by atoms with E-state index in [1.807, 2.05) is 24.3 Å². The van der Waals surface area contributed by atoms with Gasteiger partial charge in [0.2, 0.25) is 5.78 Å². The number of ketones is 1. The smallest absolute Gasteiger partial charge is 0.217 e. The van der Waals surface area contributed by atoms with E-state index in [2.05, 4.69) is 10.3 Å². The van der Waals surface area contributed by atoms with E-state index in [4.69, 9.17) is 4.42 Å². The van der Waals surface area contributed by atoms with Crippen molar-refractivity contribution in [3.63, 3.8) is 0 Å². The number of nitrogens with zero attached hydrogens (tertiary/aromatic N) is 1. The summed E-state index contributed by atoms with van der Waals surface area (Å²) in [6, 6.07) is 9.45. The molecule has 3 aromatic rings. The van der Waals surface area contributed by atoms with Crippen molar-refractivity contribution >= 4 is 33.2 Å². The van der Waals surface area contributed by atoms with Gasteiger partial charge in [0, 0.05) is 10.3 Å². The van der Waals surface area contributed by atoms with E-state index >= 15 is 0 Å². The molecule has 5 heteroatoms. The van der Waals surface area contributed by atoms with Crippen LogP contribution in [0, 0.1) is 0 Å². The van der Waals surface area contributed by atoms with Crippen LogP contribution < -0.4 is 5.32 Å². The van der Waals surface area contributed by atoms with Crippen LogP contribution in [-0.4, -0.2) is 17.3 Å². The molecule has 1 N–H and O–H groups in total. The van der Waals surface area contributed by atoms with Gasteiger partial charge in [-0.3, -0.25) is 4.79 Å². The summed E-state index contributed by atoms with van der Waals surface area (Å²) in [4.78, 5) is 18.2. The third-order valence-corrected chi connectivity index (χ3v) is 5.06. The highest BCUT2D eigenvalue weighted by atomic mass is 32.1. The van der Waals surface area contributed by atoms with Crippen LogP contribution in [0.5, 0.6) is 0 Å². The Hall–Kier alpha value is -2.14. The largest absolute Gasteiger partial charge is 0.453 e. The number of anilines is 1. The lowest BCUT2D eigenvalue weighted by atomic mass is 10.0. The zero-order valence-corrected chi connectivity index (χ0v) is 12.9. The molecule has 4 nitrogen and oxygen atoms in total. The third-order valence-electron chi connectivity index (χ3n) is 3.95. The highest BCUT2D eigenvalue weighted by Gasteiger charge is 2.16. The summed E-state index contributed by atoms with van der Waals surface area (Å²) >= 11 is 1.67. The maximum absolute atomic E-state index is 12.3. The fourth-order valence-electron chi connectivity index (χ4n) is 2.79. The van der Waals surface area contributed by atoms with Gasteiger partial charge in [-0.25, -0.2) is 4.98 Å². The van der Waals surface area contributed by atoms with E-state index in [1.54, 1.807) is 17.4 Å². The van der Waals surface area contributed by atoms with Crippen molar-refractivity contribution < 1.29 is 9.21 Å². The second-order valence-corrected chi connectivity index (χ2v) is 6.60. The molecule has 2 aromatic heterocycles. The van der Waals surface area contributed by atoms with Crippen molar-refractivity contribution in [3.05, 3.63) is 46.7 Å². The van der Waals surface area contributed by atoms with E-state index in [0.717, 1.165) is 28.9 Å². The Kier molecular flexibility index (Phi) is 3.42. The number of aryl methyl sites for hydroxylation is 2. The summed E-state index contributed by atoms with van der Waals surface area (Å²) in [6.07, 6.45) is 4.64. The minimum Gasteiger partial charge on any atom is -0.453 e. The molecule has 0 saturated heterocycles. The molecular weight excluding hydrogens is 296 g/mol. The summed E-state index contributed by atoms with van der Waals surface area (Å²) in [5.41, 5.74) is 1.95. The van der Waals surface area contributed by atoms with Crippen molar-refractivity contribution in [1.29, 1.82) is 0 Å². The van der Waals surface area contributed by atoms with Gasteiger partial charge >= 0.3 is 0 Å². The predicted octanol–water partition coefficient (Wildman–Crippen LogP) is 4.06. The summed E-state index contributed by atoms with van der Waals surface area (Å²) in [5.74, 6) is 0.347. The molecule has 0 fully saturated rings. The van der Waals surface area contributed by atoms with Crippen LogP contribution in [0.4, 0.5) is 5.13 Å². The van der Waals surface area contributed by atoms with Crippen molar-refractivity contribution in [2.45, 2.75) is 25.7 Å². The topological polar surface area (TPSA) is 55.1 Å². The molecule has 2 heterocycles. The van der Waals surface area contributed by atoms with Gasteiger partial charge in [-0.05, 0) is 37.8 Å². The molecule has 1 aliphatic carbocycles. The monoisotopic (exact) mass is 312 g/mol. The van der Waals surface area contributed by atoms with Crippen LogP contribution in [0.1, 0.15) is 34.0 Å². The van der Waals surface area contributed by atoms with E-state index in [-0.39, 0.29) is 12.3 Å². The summed E-state index contributed by atoms with van der Waals surface area (Å²) in [5, 5.41) is 4.94. The standard InChI is InChI=1S/C17H16N2O2S/c20-13(15-9-11-5-1-3-7-14(11)21-15)10-18-17-19-12-6-2-4-8-16(12)22-17/h1,3,5,7,9H,2,4,6,8,10H2,(H,18,19). The quantitative estimate of drug-likeness (QED) is 0.738. The first kappa shape index (κ1) is 13.5. The van der Waals surface area contributed by atoms with Crippen LogP contribution in [0.2, 0.25) is 0 Å². The van der Waals surface area contributed by atoms with Crippen molar-refractivity contribution in [2.24, 2.45) is 0 Å². The average molecular weight is 312 g/mol. The first-order valence-electron chi connectivity index (χ1n) is 7.54. The van der Waals surface area contributed by atoms with Gasteiger partial charge in [0.05, 0.1) is 12.2 Å². The number of furan rings is 1. The first-order valence-corrected chi connectivity index (χ1v) is 8.35. The van der Waals surface area contributed by atoms with Gasteiger partial charge in [0.1, 0.15) is 5.58 Å². The number of carbonyl (C=O) groups is 1. The number of para-hydroxylation sites is 1. The van der Waals surface area contributed by atoms with Gasteiger partial charge in [-0.15, -0.1) is 11.3 Å². The Balaban J connectivity index is 1.46. The molecule has 0 aliphatic heterocycles. The number of hydrogen-bond donors (Lipinski definition) is 1. The third kappa shape index (κ3) is 2.52. The molecule has 1 aromatic carbocycles. The zero-order chi connectivity index (χ0) is 14.9. The fourth-order valence-corrected chi connectivity index (χ4v) is 3.84. The number of carbonyl (C=O) groups excluding carboxylic acids is 1. The lowest BCUT2D eigenvalue weighted by Gasteiger charge is -2.06. The Labute approximate surface area is 132 Å². The maximum Gasteiger partial charge on any atom is 0.217 e. The SMILES string of the molecule is O=C(CNc1nc2c(s1)CCCC2)c1cc2ccccc2o1. The average Bonchev–Trinajstić information content (AvgIpc) is 3.15. The number of nitrogens with one attached hydrogen (secondary N) is 1. The molecule has 4 rings (SSSR count). The van der Waals surface area contributed by atoms with Gasteiger partial charge < -0.3 is 9.73 Å². The minimum absolute atomic E-state index is 0.0515. The second kappa shape index (κ2) is 5.57. The molecule has 112 valence electrons. The van der Waals surface area contributed by atoms with E-state index in [0.29, 0.717) is 5.76 Å². The number of fused-ring (bicyclic) bond motifs is 2. The van der Waals surface area contributed by atoms with E-state index in [1.165, 1.54) is 23.4 Å². The number of rotatable bonds is 4. The molecule has 0 radical (unpaired) electrons. The highest BCUT2D eigenvalue weighted by Crippen LogP contribution is 2.29. The number of Topliss-reactive ketones (excluding diaryl/α,β-unsaturated/α-hetero) is 1. The molecule has 22 heavy (non-hydrogen) atoms. The van der Waals surface area contributed by atoms with Crippen LogP contribution in [0.3, 0.4) is 0 Å². The minimum atomic E-state index is -0.0515. The lowest BCUT2D eigenvalue weighted by molar-refractivity contribution is 0.0982. The Morgan fingerprint density at radius 3 is 3.00 bits per heavy atom. The number of thiazole rings is 1. The number of hydrogen-bond acceptors (Lipinski definition) is 5. The second-order valence-electron chi connectivity index (χ2n) is 5.52. The van der Waals surface area contributed by atoms with Crippen LogP contribution >= 0.6 is 11.3 Å². The van der Waals surface area contributed by atoms with Gasteiger partial charge in [-0.2, -0.15) is 0 Å². The van der Waals surface area contributed by atoms with E-state index < -0.39 is 0 Å². The lowest BCUT2D eigenvalue weighted by Crippen LogP contribution is -2.13. The summed E-state index contributed by atoms with van der Waals surface area (Å²) in [6.45, 7) is 0.214. The molecule has 1 aliphatic rings. The molecule has 0 saturated carbocycles. The first-order chi connectivity index (χ1) is 10.8. The van der Waals surface area contributed by atoms with Crippen molar-refractivity contribution in [3.8, 4) is 0 Å². The van der Waals surface area contributed by atoms with Gasteiger partial charge in [-0.1, -0.05) is 18.2 Å². The molecule has 0 amide bonds. The highest BCUT2D eigenvalue weighted by molar-refractivity contribution is 7.15. The Morgan fingerprint density at radius 1 is 1.27 bits per heavy atom. The molecule has 0 unspecified atom stereocenters. The fraction of sp³-hybridized carbons (Fsp3) is 0.294. The molecule has 0 spiro atoms. The van der Waals surface area contributed by atoms with Crippen LogP contribution in [0.25, 0.3) is 11.0 Å². The van der Waals surface area contributed by atoms with Gasteiger partial charge in [0.15, 0.2) is 10.9 Å². The van der Waals surface area contributed by atoms with Crippen molar-refractivity contribution in [1.82, 2.24) is 4.98 Å². The molecule has 0 atom stereocenters. The van der Waals surface area contributed by atoms with Gasteiger partial charge in [0.25, 0.3) is 0 Å². The molecule has 0 bridgehead atoms. The Bertz CT molecular complexity index is 778.